The first-order valence-electron chi connectivity index (χ1n) is 3.85. The number of methoxy groups -OCH3 is 2. The predicted octanol–water partition coefficient (Wildman–Crippen LogP) is 0.946. The highest BCUT2D eigenvalue weighted by molar-refractivity contribution is 5.69. The Labute approximate surface area is 76.5 Å². The van der Waals surface area contributed by atoms with Gasteiger partial charge in [-0.1, -0.05) is 0 Å². The van der Waals surface area contributed by atoms with Crippen molar-refractivity contribution in [3.05, 3.63) is 23.7 Å². The molecule has 1 atom stereocenters. The molecule has 0 aromatic rings. The van der Waals surface area contributed by atoms with Gasteiger partial charge in [0.1, 0.15) is 11.5 Å². The molecule has 1 unspecified atom stereocenters. The van der Waals surface area contributed by atoms with Gasteiger partial charge in [0.15, 0.2) is 11.9 Å². The van der Waals surface area contributed by atoms with E-state index in [1.54, 1.807) is 0 Å². The van der Waals surface area contributed by atoms with E-state index in [-0.39, 0.29) is 5.76 Å². The van der Waals surface area contributed by atoms with Gasteiger partial charge in [-0.2, -0.15) is 0 Å². The van der Waals surface area contributed by atoms with E-state index in [0.29, 0.717) is 18.5 Å². The molecular formula is C9H12O4. The van der Waals surface area contributed by atoms with E-state index in [9.17, 15) is 4.79 Å². The molecule has 0 saturated carbocycles. The molecule has 0 aliphatic heterocycles. The van der Waals surface area contributed by atoms with Crippen molar-refractivity contribution in [2.45, 2.75) is 12.0 Å². The second-order valence-corrected chi connectivity index (χ2v) is 2.76. The first-order valence-corrected chi connectivity index (χ1v) is 3.85. The third kappa shape index (κ3) is 1.58. The normalized spacial score (nSPS) is 27.5. The topological polar surface area (TPSA) is 55.8 Å². The summed E-state index contributed by atoms with van der Waals surface area (Å²) in [6.07, 6.45) is 3.85. The Hall–Kier alpha value is -1.29. The molecule has 0 heterocycles. The smallest absolute Gasteiger partial charge is 0.183 e. The van der Waals surface area contributed by atoms with Crippen LogP contribution in [-0.4, -0.2) is 31.2 Å². The third-order valence-corrected chi connectivity index (χ3v) is 2.09. The lowest BCUT2D eigenvalue weighted by molar-refractivity contribution is -0.127. The predicted molar refractivity (Wildman–Crippen MR) is 46.2 cm³/mol. The molecule has 0 saturated heterocycles. The fourth-order valence-electron chi connectivity index (χ4n) is 1.24. The number of rotatable bonds is 3. The summed E-state index contributed by atoms with van der Waals surface area (Å²) < 4.78 is 10.0. The van der Waals surface area contributed by atoms with Gasteiger partial charge in [-0.05, 0) is 6.08 Å². The van der Waals surface area contributed by atoms with Gasteiger partial charge < -0.3 is 14.6 Å². The molecule has 0 amide bonds. The lowest BCUT2D eigenvalue weighted by atomic mass is 9.93. The van der Waals surface area contributed by atoms with Gasteiger partial charge in [0.2, 0.25) is 0 Å². The lowest BCUT2D eigenvalue weighted by Crippen LogP contribution is -2.37. The van der Waals surface area contributed by atoms with E-state index in [1.807, 2.05) is 0 Å². The number of allylic oxidation sites excluding steroid dienone is 1. The summed E-state index contributed by atoms with van der Waals surface area (Å²) in [4.78, 5) is 10.8. The Bertz CT molecular complexity index is 267. The van der Waals surface area contributed by atoms with Crippen LogP contribution in [0.1, 0.15) is 6.42 Å². The fraction of sp³-hybridized carbons (Fsp3) is 0.444. The summed E-state index contributed by atoms with van der Waals surface area (Å²) in [7, 11) is 2.86. The number of hydrogen-bond donors (Lipinski definition) is 1. The molecule has 72 valence electrons. The van der Waals surface area contributed by atoms with Gasteiger partial charge in [-0.25, -0.2) is 0 Å². The molecule has 0 fully saturated rings. The lowest BCUT2D eigenvalue weighted by Gasteiger charge is -2.29. The van der Waals surface area contributed by atoms with Crippen LogP contribution < -0.4 is 0 Å². The summed E-state index contributed by atoms with van der Waals surface area (Å²) >= 11 is 0. The molecule has 0 radical (unpaired) electrons. The molecule has 0 bridgehead atoms. The average molecular weight is 184 g/mol. The van der Waals surface area contributed by atoms with Gasteiger partial charge in [-0.15, -0.1) is 0 Å². The molecule has 4 heteroatoms. The average Bonchev–Trinajstić information content (AvgIpc) is 2.18. The molecule has 13 heavy (non-hydrogen) atoms. The van der Waals surface area contributed by atoms with E-state index >= 15 is 0 Å². The zero-order valence-electron chi connectivity index (χ0n) is 7.61. The van der Waals surface area contributed by atoms with Crippen LogP contribution in [0.15, 0.2) is 23.7 Å². The molecule has 1 rings (SSSR count). The maximum absolute atomic E-state index is 10.8. The zero-order chi connectivity index (χ0) is 9.90. The number of aliphatic hydroxyl groups is 1. The van der Waals surface area contributed by atoms with Gasteiger partial charge in [0.05, 0.1) is 7.11 Å². The highest BCUT2D eigenvalue weighted by Crippen LogP contribution is 2.29. The maximum Gasteiger partial charge on any atom is 0.183 e. The van der Waals surface area contributed by atoms with Gasteiger partial charge in [0.25, 0.3) is 0 Å². The third-order valence-electron chi connectivity index (χ3n) is 2.09. The maximum atomic E-state index is 10.8. The number of aldehydes is 1. The van der Waals surface area contributed by atoms with Crippen LogP contribution in [0.3, 0.4) is 0 Å². The largest absolute Gasteiger partial charge is 0.508 e. The summed E-state index contributed by atoms with van der Waals surface area (Å²) in [6, 6.07) is 0. The fourth-order valence-corrected chi connectivity index (χ4v) is 1.24. The zero-order valence-corrected chi connectivity index (χ0v) is 7.61. The second kappa shape index (κ2) is 3.62. The Morgan fingerprint density at radius 2 is 2.31 bits per heavy atom. The monoisotopic (exact) mass is 184 g/mol. The quantitative estimate of drug-likeness (QED) is 0.663. The van der Waals surface area contributed by atoms with E-state index in [0.717, 1.165) is 0 Å². The van der Waals surface area contributed by atoms with Crippen LogP contribution in [0.2, 0.25) is 0 Å². The first-order chi connectivity index (χ1) is 6.18. The number of carbonyl (C=O) groups excluding carboxylic acids is 1. The van der Waals surface area contributed by atoms with Crippen molar-refractivity contribution in [2.24, 2.45) is 0 Å². The van der Waals surface area contributed by atoms with Crippen molar-refractivity contribution in [2.75, 3.05) is 14.2 Å². The van der Waals surface area contributed by atoms with E-state index in [4.69, 9.17) is 14.6 Å². The minimum atomic E-state index is -1.07. The Morgan fingerprint density at radius 3 is 2.77 bits per heavy atom. The van der Waals surface area contributed by atoms with Crippen LogP contribution in [0.25, 0.3) is 0 Å². The Kier molecular flexibility index (Phi) is 2.72. The second-order valence-electron chi connectivity index (χ2n) is 2.76. The molecule has 0 spiro atoms. The number of carbonyl (C=O) groups is 1. The number of hydrogen-bond acceptors (Lipinski definition) is 4. The van der Waals surface area contributed by atoms with Crippen molar-refractivity contribution in [3.8, 4) is 0 Å². The minimum Gasteiger partial charge on any atom is -0.508 e. The summed E-state index contributed by atoms with van der Waals surface area (Å²) in [6.45, 7) is 0. The van der Waals surface area contributed by atoms with Crippen LogP contribution in [-0.2, 0) is 14.3 Å². The highest BCUT2D eigenvalue weighted by Gasteiger charge is 2.37. The number of ether oxygens (including phenoxy) is 2. The minimum absolute atomic E-state index is 0.0892. The van der Waals surface area contributed by atoms with Crippen LogP contribution >= 0.6 is 0 Å². The highest BCUT2D eigenvalue weighted by atomic mass is 16.5. The van der Waals surface area contributed by atoms with Gasteiger partial charge in [-0.3, -0.25) is 4.79 Å². The van der Waals surface area contributed by atoms with Crippen molar-refractivity contribution < 1.29 is 19.4 Å². The van der Waals surface area contributed by atoms with Gasteiger partial charge in [0, 0.05) is 19.6 Å². The van der Waals surface area contributed by atoms with Crippen molar-refractivity contribution in [3.63, 3.8) is 0 Å². The van der Waals surface area contributed by atoms with Gasteiger partial charge >= 0.3 is 0 Å². The SMILES string of the molecule is COC1=CC(O)=CCC1(C=O)OC. The molecule has 0 aromatic carbocycles. The molecule has 1 N–H and O–H groups in total. The van der Waals surface area contributed by atoms with Crippen molar-refractivity contribution in [1.29, 1.82) is 0 Å². The van der Waals surface area contributed by atoms with Crippen molar-refractivity contribution >= 4 is 6.29 Å². The Balaban J connectivity index is 3.03. The summed E-state index contributed by atoms with van der Waals surface area (Å²) in [5.74, 6) is 0.413. The Morgan fingerprint density at radius 1 is 1.62 bits per heavy atom. The number of aliphatic hydroxyl groups excluding tert-OH is 1. The van der Waals surface area contributed by atoms with Crippen molar-refractivity contribution in [1.82, 2.24) is 0 Å². The summed E-state index contributed by atoms with van der Waals surface area (Å²) in [5.41, 5.74) is -1.07. The standard InChI is InChI=1S/C9H12O4/c1-12-8-5-7(11)3-4-9(8,6-10)13-2/h3,5-6,11H,4H2,1-2H3. The van der Waals surface area contributed by atoms with Crippen LogP contribution in [0.5, 0.6) is 0 Å². The molecular weight excluding hydrogens is 172 g/mol. The summed E-state index contributed by atoms with van der Waals surface area (Å²) in [5, 5.41) is 9.17. The molecule has 1 aliphatic rings. The molecule has 0 aromatic heterocycles. The van der Waals surface area contributed by atoms with E-state index < -0.39 is 5.60 Å². The van der Waals surface area contributed by atoms with Crippen LogP contribution in [0.4, 0.5) is 0 Å². The van der Waals surface area contributed by atoms with E-state index in [1.165, 1.54) is 26.4 Å². The molecule has 4 nitrogen and oxygen atoms in total. The van der Waals surface area contributed by atoms with Crippen LogP contribution in [0, 0.1) is 0 Å². The van der Waals surface area contributed by atoms with E-state index in [2.05, 4.69) is 0 Å². The first kappa shape index (κ1) is 9.80. The molecule has 1 aliphatic carbocycles.